The third kappa shape index (κ3) is 7.47. The minimum absolute atomic E-state index is 0.277. The molecular formula is C15H25NO2S. The van der Waals surface area contributed by atoms with Crippen LogP contribution in [0.3, 0.4) is 0 Å². The summed E-state index contributed by atoms with van der Waals surface area (Å²) in [4.78, 5) is 3.65. The van der Waals surface area contributed by atoms with Crippen LogP contribution >= 0.6 is 11.3 Å². The highest BCUT2D eigenvalue weighted by Gasteiger charge is 2.12. The fraction of sp³-hybridized carbons (Fsp3) is 0.600. The lowest BCUT2D eigenvalue weighted by molar-refractivity contribution is 0.0947. The molecule has 3 nitrogen and oxygen atoms in total. The van der Waals surface area contributed by atoms with E-state index in [1.807, 2.05) is 6.08 Å². The molecule has 0 aromatic carbocycles. The monoisotopic (exact) mass is 283 g/mol. The zero-order valence-corrected chi connectivity index (χ0v) is 12.6. The van der Waals surface area contributed by atoms with E-state index >= 15 is 0 Å². The summed E-state index contributed by atoms with van der Waals surface area (Å²) in [6.45, 7) is 7.04. The van der Waals surface area contributed by atoms with Gasteiger partial charge in [-0.25, -0.2) is 0 Å². The fourth-order valence-corrected chi connectivity index (χ4v) is 2.74. The number of hydrogen-bond acceptors (Lipinski definition) is 4. The zero-order chi connectivity index (χ0) is 13.9. The van der Waals surface area contributed by atoms with Gasteiger partial charge in [-0.05, 0) is 30.7 Å². The van der Waals surface area contributed by atoms with Crippen molar-refractivity contribution >= 4 is 11.3 Å². The number of thiophene rings is 1. The van der Waals surface area contributed by atoms with E-state index in [1.54, 1.807) is 18.4 Å². The maximum atomic E-state index is 10.0. The molecule has 1 rings (SSSR count). The van der Waals surface area contributed by atoms with Gasteiger partial charge in [0.05, 0.1) is 6.10 Å². The molecule has 0 bridgehead atoms. The van der Waals surface area contributed by atoms with Crippen LogP contribution in [0.15, 0.2) is 30.2 Å². The van der Waals surface area contributed by atoms with E-state index in [0.717, 1.165) is 45.5 Å². The molecule has 0 saturated heterocycles. The van der Waals surface area contributed by atoms with Crippen molar-refractivity contribution in [2.75, 3.05) is 26.8 Å². The highest BCUT2D eigenvalue weighted by molar-refractivity contribution is 7.09. The molecule has 0 fully saturated rings. The lowest BCUT2D eigenvalue weighted by Crippen LogP contribution is -2.33. The highest BCUT2D eigenvalue weighted by atomic mass is 32.1. The summed E-state index contributed by atoms with van der Waals surface area (Å²) < 4.78 is 5.10. The minimum atomic E-state index is -0.277. The smallest absolute Gasteiger partial charge is 0.0670 e. The molecule has 0 spiro atoms. The largest absolute Gasteiger partial charge is 0.392 e. The van der Waals surface area contributed by atoms with Gasteiger partial charge in [-0.2, -0.15) is 0 Å². The Hall–Kier alpha value is -0.680. The molecule has 4 heteroatoms. The van der Waals surface area contributed by atoms with E-state index in [9.17, 15) is 5.11 Å². The van der Waals surface area contributed by atoms with E-state index in [2.05, 4.69) is 29.0 Å². The Balaban J connectivity index is 2.40. The Labute approximate surface area is 120 Å². The van der Waals surface area contributed by atoms with Crippen molar-refractivity contribution in [3.8, 4) is 0 Å². The van der Waals surface area contributed by atoms with Crippen LogP contribution in [0.5, 0.6) is 0 Å². The van der Waals surface area contributed by atoms with E-state index in [0.29, 0.717) is 0 Å². The second-order valence-corrected chi connectivity index (χ2v) is 5.71. The molecule has 108 valence electrons. The van der Waals surface area contributed by atoms with E-state index in [4.69, 9.17) is 4.74 Å². The number of allylic oxidation sites excluding steroid dienone is 1. The van der Waals surface area contributed by atoms with Crippen LogP contribution in [0.4, 0.5) is 0 Å². The molecule has 1 atom stereocenters. The Kier molecular flexibility index (Phi) is 8.75. The van der Waals surface area contributed by atoms with Gasteiger partial charge in [0, 0.05) is 38.2 Å². The number of aliphatic hydroxyl groups excluding tert-OH is 1. The molecule has 0 radical (unpaired) electrons. The predicted molar refractivity (Wildman–Crippen MR) is 81.5 cm³/mol. The van der Waals surface area contributed by atoms with Gasteiger partial charge in [-0.3, -0.25) is 4.90 Å². The fourth-order valence-electron chi connectivity index (χ4n) is 1.99. The van der Waals surface area contributed by atoms with Gasteiger partial charge < -0.3 is 9.84 Å². The van der Waals surface area contributed by atoms with Crippen molar-refractivity contribution in [1.29, 1.82) is 0 Å². The Morgan fingerprint density at radius 3 is 3.05 bits per heavy atom. The lowest BCUT2D eigenvalue weighted by Gasteiger charge is -2.24. The van der Waals surface area contributed by atoms with Crippen LogP contribution < -0.4 is 0 Å². The highest BCUT2D eigenvalue weighted by Crippen LogP contribution is 2.13. The molecular weight excluding hydrogens is 258 g/mol. The lowest BCUT2D eigenvalue weighted by atomic mass is 10.2. The Bertz CT molecular complexity index is 327. The molecule has 1 N–H and O–H groups in total. The van der Waals surface area contributed by atoms with Gasteiger partial charge in [0.1, 0.15) is 0 Å². The first-order chi connectivity index (χ1) is 9.26. The summed E-state index contributed by atoms with van der Waals surface area (Å²) in [6, 6.07) is 4.21. The van der Waals surface area contributed by atoms with Crippen molar-refractivity contribution in [2.24, 2.45) is 0 Å². The van der Waals surface area contributed by atoms with Crippen molar-refractivity contribution in [1.82, 2.24) is 4.90 Å². The maximum absolute atomic E-state index is 10.0. The summed E-state index contributed by atoms with van der Waals surface area (Å²) in [5.41, 5.74) is 0. The van der Waals surface area contributed by atoms with Crippen molar-refractivity contribution < 1.29 is 9.84 Å². The molecule has 1 aromatic heterocycles. The molecule has 1 aromatic rings. The van der Waals surface area contributed by atoms with E-state index < -0.39 is 0 Å². The van der Waals surface area contributed by atoms with E-state index in [-0.39, 0.29) is 6.10 Å². The van der Waals surface area contributed by atoms with Gasteiger partial charge in [0.25, 0.3) is 0 Å². The number of aliphatic hydroxyl groups is 1. The SMILES string of the molecule is C=CCC[C@@H](O)CN(CCCOC)Cc1cccs1. The molecule has 19 heavy (non-hydrogen) atoms. The quantitative estimate of drug-likeness (QED) is 0.501. The number of nitrogens with zero attached hydrogens (tertiary/aromatic N) is 1. The molecule has 0 unspecified atom stereocenters. The van der Waals surface area contributed by atoms with Crippen LogP contribution in [-0.2, 0) is 11.3 Å². The Morgan fingerprint density at radius 2 is 2.42 bits per heavy atom. The first-order valence-electron chi connectivity index (χ1n) is 6.79. The maximum Gasteiger partial charge on any atom is 0.0670 e. The second-order valence-electron chi connectivity index (χ2n) is 4.68. The zero-order valence-electron chi connectivity index (χ0n) is 11.8. The molecule has 0 aliphatic heterocycles. The third-order valence-electron chi connectivity index (χ3n) is 2.96. The third-order valence-corrected chi connectivity index (χ3v) is 3.82. The number of rotatable bonds is 11. The average molecular weight is 283 g/mol. The molecule has 1 heterocycles. The number of ether oxygens (including phenoxy) is 1. The van der Waals surface area contributed by atoms with Gasteiger partial charge in [-0.1, -0.05) is 12.1 Å². The van der Waals surface area contributed by atoms with Crippen molar-refractivity contribution in [3.63, 3.8) is 0 Å². The van der Waals surface area contributed by atoms with Crippen LogP contribution in [0.1, 0.15) is 24.1 Å². The molecule has 0 amide bonds. The van der Waals surface area contributed by atoms with Gasteiger partial charge in [0.15, 0.2) is 0 Å². The van der Waals surface area contributed by atoms with E-state index in [1.165, 1.54) is 4.88 Å². The number of methoxy groups -OCH3 is 1. The van der Waals surface area contributed by atoms with Crippen molar-refractivity contribution in [2.45, 2.75) is 31.9 Å². The molecule has 0 saturated carbocycles. The summed E-state index contributed by atoms with van der Waals surface area (Å²) in [6.07, 6.45) is 4.23. The molecule has 0 aliphatic carbocycles. The number of hydrogen-bond donors (Lipinski definition) is 1. The summed E-state index contributed by atoms with van der Waals surface area (Å²) in [7, 11) is 1.72. The Morgan fingerprint density at radius 1 is 1.58 bits per heavy atom. The van der Waals surface area contributed by atoms with Crippen LogP contribution in [0.2, 0.25) is 0 Å². The standard InChI is InChI=1S/C15H25NO2S/c1-3-4-7-14(17)12-16(9-6-10-18-2)13-15-8-5-11-19-15/h3,5,8,11,14,17H,1,4,6-7,9-10,12-13H2,2H3/t14-/m1/s1. The minimum Gasteiger partial charge on any atom is -0.392 e. The summed E-state index contributed by atoms with van der Waals surface area (Å²) in [5.74, 6) is 0. The van der Waals surface area contributed by atoms with Crippen molar-refractivity contribution in [3.05, 3.63) is 35.0 Å². The normalized spacial score (nSPS) is 12.8. The topological polar surface area (TPSA) is 32.7 Å². The van der Waals surface area contributed by atoms with Crippen LogP contribution in [0, 0.1) is 0 Å². The first-order valence-corrected chi connectivity index (χ1v) is 7.67. The summed E-state index contributed by atoms with van der Waals surface area (Å²) in [5, 5.41) is 12.1. The van der Waals surface area contributed by atoms with Gasteiger partial charge in [0.2, 0.25) is 0 Å². The predicted octanol–water partition coefficient (Wildman–Crippen LogP) is 2.91. The van der Waals surface area contributed by atoms with Crippen LogP contribution in [-0.4, -0.2) is 42.9 Å². The summed E-state index contributed by atoms with van der Waals surface area (Å²) >= 11 is 1.76. The molecule has 0 aliphatic rings. The first kappa shape index (κ1) is 16.4. The van der Waals surface area contributed by atoms with Crippen LogP contribution in [0.25, 0.3) is 0 Å². The second kappa shape index (κ2) is 10.1. The van der Waals surface area contributed by atoms with Gasteiger partial charge >= 0.3 is 0 Å². The average Bonchev–Trinajstić information content (AvgIpc) is 2.89. The van der Waals surface area contributed by atoms with Gasteiger partial charge in [-0.15, -0.1) is 17.9 Å².